The van der Waals surface area contributed by atoms with E-state index >= 15 is 0 Å². The lowest BCUT2D eigenvalue weighted by molar-refractivity contribution is -0.201. The predicted octanol–water partition coefficient (Wildman–Crippen LogP) is -0.956. The molecule has 6 N–H and O–H groups in total. The number of aliphatic hydroxyl groups is 4. The molecule has 0 fully saturated rings. The van der Waals surface area contributed by atoms with Gasteiger partial charge in [0.05, 0.1) is 25.4 Å². The molecule has 5 atom stereocenters. The van der Waals surface area contributed by atoms with Gasteiger partial charge in [-0.25, -0.2) is 0 Å². The Kier molecular flexibility index (Phi) is 8.98. The minimum atomic E-state index is -1.59. The van der Waals surface area contributed by atoms with Crippen molar-refractivity contribution in [3.05, 3.63) is 24.3 Å². The Morgan fingerprint density at radius 3 is 2.21 bits per heavy atom. The first kappa shape index (κ1) is 20.6. The average molecular weight is 345 g/mol. The fourth-order valence-electron chi connectivity index (χ4n) is 2.06. The Hall–Kier alpha value is -1.42. The Bertz CT molecular complexity index is 454. The van der Waals surface area contributed by atoms with E-state index in [0.29, 0.717) is 12.3 Å². The third-order valence-electron chi connectivity index (χ3n) is 3.62. The van der Waals surface area contributed by atoms with Crippen molar-refractivity contribution in [2.45, 2.75) is 31.5 Å². The number of rotatable bonds is 11. The van der Waals surface area contributed by atoms with Crippen LogP contribution < -0.4 is 10.1 Å². The zero-order valence-corrected chi connectivity index (χ0v) is 13.9. The fraction of sp³-hybridized carbons (Fsp3) is 0.625. The van der Waals surface area contributed by atoms with Gasteiger partial charge in [0.2, 0.25) is 0 Å². The number of nitrogens with one attached hydrogen (secondary N) is 1. The van der Waals surface area contributed by atoms with Crippen molar-refractivity contribution in [1.29, 1.82) is 0 Å². The average Bonchev–Trinajstić information content (AvgIpc) is 2.55. The van der Waals surface area contributed by atoms with Crippen LogP contribution in [0.15, 0.2) is 24.3 Å². The molecule has 1 aromatic carbocycles. The molecule has 0 aliphatic heterocycles. The highest BCUT2D eigenvalue weighted by Gasteiger charge is 2.35. The minimum absolute atomic E-state index is 0.0896. The first-order valence-electron chi connectivity index (χ1n) is 7.77. The van der Waals surface area contributed by atoms with E-state index in [9.17, 15) is 25.5 Å². The molecule has 0 bridgehead atoms. The van der Waals surface area contributed by atoms with Crippen LogP contribution in [-0.2, 0) is 4.74 Å². The molecule has 0 amide bonds. The lowest BCUT2D eigenvalue weighted by Crippen LogP contribution is -2.48. The maximum Gasteiger partial charge on any atom is 0.183 e. The van der Waals surface area contributed by atoms with E-state index in [0.717, 1.165) is 0 Å². The third kappa shape index (κ3) is 6.60. The van der Waals surface area contributed by atoms with Crippen molar-refractivity contribution in [3.63, 3.8) is 0 Å². The zero-order valence-electron chi connectivity index (χ0n) is 13.9. The molecule has 0 aliphatic rings. The summed E-state index contributed by atoms with van der Waals surface area (Å²) in [6.07, 6.45) is -5.61. The number of hydrogen-bond donors (Lipinski definition) is 6. The molecule has 1 rings (SSSR count). The standard InChI is InChI=1S/C16H27NO7/c1-10(18)13(9-24-12-5-3-11(19)4-6-12)14(20)15(21)16(22)23-8-7-17-2/h3-6,10,13-22H,7-9H2,1-2H3/t10?,13?,14?,15-,16?/m0/s1. The molecular weight excluding hydrogens is 318 g/mol. The Balaban J connectivity index is 2.60. The van der Waals surface area contributed by atoms with Gasteiger partial charge in [0.1, 0.15) is 17.6 Å². The largest absolute Gasteiger partial charge is 0.508 e. The van der Waals surface area contributed by atoms with E-state index in [2.05, 4.69) is 5.32 Å². The molecule has 0 saturated carbocycles. The Labute approximate surface area is 141 Å². The molecule has 0 spiro atoms. The fourth-order valence-corrected chi connectivity index (χ4v) is 2.06. The highest BCUT2D eigenvalue weighted by atomic mass is 16.6. The van der Waals surface area contributed by atoms with Gasteiger partial charge in [0, 0.05) is 12.5 Å². The van der Waals surface area contributed by atoms with Gasteiger partial charge in [-0.15, -0.1) is 0 Å². The van der Waals surface area contributed by atoms with E-state index in [4.69, 9.17) is 9.47 Å². The lowest BCUT2D eigenvalue weighted by atomic mass is 9.93. The minimum Gasteiger partial charge on any atom is -0.508 e. The molecule has 4 unspecified atom stereocenters. The van der Waals surface area contributed by atoms with Crippen molar-refractivity contribution in [2.75, 3.05) is 26.8 Å². The van der Waals surface area contributed by atoms with Crippen molar-refractivity contribution < 1.29 is 35.0 Å². The highest BCUT2D eigenvalue weighted by molar-refractivity contribution is 5.30. The summed E-state index contributed by atoms with van der Waals surface area (Å²) in [6.45, 7) is 1.99. The SMILES string of the molecule is CNCCOC(O)[C@@H](O)C(O)C(COc1ccc(O)cc1)C(C)O. The second-order valence-corrected chi connectivity index (χ2v) is 5.56. The smallest absolute Gasteiger partial charge is 0.183 e. The maximum absolute atomic E-state index is 10.2. The van der Waals surface area contributed by atoms with Crippen LogP contribution in [0.2, 0.25) is 0 Å². The molecule has 8 heteroatoms. The summed E-state index contributed by atoms with van der Waals surface area (Å²) in [5.74, 6) is -0.325. The van der Waals surface area contributed by atoms with Gasteiger partial charge in [0.25, 0.3) is 0 Å². The molecule has 24 heavy (non-hydrogen) atoms. The van der Waals surface area contributed by atoms with Crippen LogP contribution in [0.25, 0.3) is 0 Å². The van der Waals surface area contributed by atoms with Crippen molar-refractivity contribution in [3.8, 4) is 11.5 Å². The molecule has 8 nitrogen and oxygen atoms in total. The van der Waals surface area contributed by atoms with Crippen LogP contribution in [0.3, 0.4) is 0 Å². The normalized spacial score (nSPS) is 17.8. The number of aliphatic hydroxyl groups excluding tert-OH is 4. The topological polar surface area (TPSA) is 132 Å². The number of hydrogen-bond acceptors (Lipinski definition) is 8. The summed E-state index contributed by atoms with van der Waals surface area (Å²) >= 11 is 0. The van der Waals surface area contributed by atoms with E-state index < -0.39 is 30.5 Å². The molecule has 1 aromatic rings. The van der Waals surface area contributed by atoms with Crippen LogP contribution in [0.1, 0.15) is 6.92 Å². The molecular formula is C16H27NO7. The number of likely N-dealkylation sites (N-methyl/N-ethyl adjacent to an activating group) is 1. The second kappa shape index (κ2) is 10.4. The first-order valence-corrected chi connectivity index (χ1v) is 7.77. The van der Waals surface area contributed by atoms with E-state index in [1.54, 1.807) is 7.05 Å². The van der Waals surface area contributed by atoms with Gasteiger partial charge in [-0.05, 0) is 38.2 Å². The van der Waals surface area contributed by atoms with E-state index in [-0.39, 0.29) is 19.0 Å². The van der Waals surface area contributed by atoms with Crippen LogP contribution in [0, 0.1) is 5.92 Å². The summed E-state index contributed by atoms with van der Waals surface area (Å²) in [7, 11) is 1.71. The van der Waals surface area contributed by atoms with Gasteiger partial charge in [-0.1, -0.05) is 0 Å². The molecule has 0 aromatic heterocycles. The number of benzene rings is 1. The van der Waals surface area contributed by atoms with Gasteiger partial charge in [0.15, 0.2) is 6.29 Å². The lowest BCUT2D eigenvalue weighted by Gasteiger charge is -2.31. The van der Waals surface area contributed by atoms with E-state index in [1.807, 2.05) is 0 Å². The van der Waals surface area contributed by atoms with Crippen molar-refractivity contribution in [2.24, 2.45) is 5.92 Å². The van der Waals surface area contributed by atoms with Crippen LogP contribution in [0.4, 0.5) is 0 Å². The van der Waals surface area contributed by atoms with Crippen molar-refractivity contribution >= 4 is 0 Å². The van der Waals surface area contributed by atoms with Crippen LogP contribution >= 0.6 is 0 Å². The van der Waals surface area contributed by atoms with Gasteiger partial charge < -0.3 is 40.3 Å². The Morgan fingerprint density at radius 2 is 1.67 bits per heavy atom. The van der Waals surface area contributed by atoms with Gasteiger partial charge >= 0.3 is 0 Å². The van der Waals surface area contributed by atoms with Gasteiger partial charge in [-0.2, -0.15) is 0 Å². The van der Waals surface area contributed by atoms with Crippen LogP contribution in [-0.4, -0.2) is 76.9 Å². The molecule has 138 valence electrons. The van der Waals surface area contributed by atoms with Gasteiger partial charge in [-0.3, -0.25) is 0 Å². The molecule has 0 heterocycles. The number of phenols is 1. The highest BCUT2D eigenvalue weighted by Crippen LogP contribution is 2.20. The summed E-state index contributed by atoms with van der Waals surface area (Å²) < 4.78 is 10.5. The monoisotopic (exact) mass is 345 g/mol. The third-order valence-corrected chi connectivity index (χ3v) is 3.62. The quantitative estimate of drug-likeness (QED) is 0.223. The molecule has 0 aliphatic carbocycles. The second-order valence-electron chi connectivity index (χ2n) is 5.56. The molecule has 0 saturated heterocycles. The Morgan fingerprint density at radius 1 is 1.04 bits per heavy atom. The first-order chi connectivity index (χ1) is 11.4. The van der Waals surface area contributed by atoms with Crippen molar-refractivity contribution in [1.82, 2.24) is 5.32 Å². The summed E-state index contributed by atoms with van der Waals surface area (Å²) in [6, 6.07) is 5.95. The predicted molar refractivity (Wildman–Crippen MR) is 86.7 cm³/mol. The summed E-state index contributed by atoms with van der Waals surface area (Å²) in [5, 5.41) is 51.8. The molecule has 0 radical (unpaired) electrons. The zero-order chi connectivity index (χ0) is 18.1. The van der Waals surface area contributed by atoms with Crippen LogP contribution in [0.5, 0.6) is 11.5 Å². The summed E-state index contributed by atoms with van der Waals surface area (Å²) in [5.41, 5.74) is 0. The maximum atomic E-state index is 10.2. The van der Waals surface area contributed by atoms with E-state index in [1.165, 1.54) is 31.2 Å². The summed E-state index contributed by atoms with van der Waals surface area (Å²) in [4.78, 5) is 0. The number of phenolic OH excluding ortho intramolecular Hbond substituents is 1. The number of ether oxygens (including phenoxy) is 2. The number of aromatic hydroxyl groups is 1.